The molecule has 1 aromatic heterocycles. The summed E-state index contributed by atoms with van der Waals surface area (Å²) in [5, 5.41) is 5.15. The van der Waals surface area contributed by atoms with Crippen LogP contribution in [0, 0.1) is 5.92 Å². The molecule has 1 N–H and O–H groups in total. The van der Waals surface area contributed by atoms with E-state index in [0.717, 1.165) is 16.7 Å². The van der Waals surface area contributed by atoms with Gasteiger partial charge in [0.05, 0.1) is 11.1 Å². The Morgan fingerprint density at radius 2 is 2.24 bits per heavy atom. The molecule has 17 heavy (non-hydrogen) atoms. The number of benzene rings is 1. The normalized spacial score (nSPS) is 18.2. The van der Waals surface area contributed by atoms with Crippen LogP contribution in [0.3, 0.4) is 0 Å². The van der Waals surface area contributed by atoms with Crippen molar-refractivity contribution in [2.45, 2.75) is 25.3 Å². The van der Waals surface area contributed by atoms with Gasteiger partial charge in [-0.3, -0.25) is 0 Å². The lowest BCUT2D eigenvalue weighted by Crippen LogP contribution is -2.29. The van der Waals surface area contributed by atoms with Crippen LogP contribution < -0.4 is 5.32 Å². The fourth-order valence-corrected chi connectivity index (χ4v) is 2.80. The highest BCUT2D eigenvalue weighted by atomic mass is 35.5. The number of rotatable bonds is 3. The van der Waals surface area contributed by atoms with Gasteiger partial charge >= 0.3 is 0 Å². The number of hydrogen-bond acceptors (Lipinski definition) is 2. The maximum absolute atomic E-state index is 6.13. The molecule has 1 aliphatic carbocycles. The second-order valence-electron chi connectivity index (χ2n) is 4.76. The quantitative estimate of drug-likeness (QED) is 0.884. The van der Waals surface area contributed by atoms with Gasteiger partial charge in [0.25, 0.3) is 0 Å². The molecule has 3 heteroatoms. The van der Waals surface area contributed by atoms with Gasteiger partial charge in [-0.15, -0.1) is 0 Å². The molecule has 0 bridgehead atoms. The zero-order valence-corrected chi connectivity index (χ0v) is 10.6. The highest BCUT2D eigenvalue weighted by molar-refractivity contribution is 6.34. The molecule has 0 spiro atoms. The van der Waals surface area contributed by atoms with E-state index in [2.05, 4.69) is 11.4 Å². The van der Waals surface area contributed by atoms with E-state index in [9.17, 15) is 0 Å². The molecule has 1 heterocycles. The van der Waals surface area contributed by atoms with Crippen molar-refractivity contribution in [2.75, 3.05) is 7.05 Å². The lowest BCUT2D eigenvalue weighted by molar-refractivity contribution is 0.218. The molecular weight excluding hydrogens is 234 g/mol. The molecule has 0 aliphatic heterocycles. The fourth-order valence-electron chi connectivity index (χ4n) is 2.58. The molecule has 2 nitrogen and oxygen atoms in total. The zero-order valence-electron chi connectivity index (χ0n) is 9.87. The van der Waals surface area contributed by atoms with E-state index in [0.29, 0.717) is 17.0 Å². The van der Waals surface area contributed by atoms with E-state index in [1.54, 1.807) is 0 Å². The van der Waals surface area contributed by atoms with Crippen molar-refractivity contribution in [1.29, 1.82) is 0 Å². The smallest absolute Gasteiger partial charge is 0.152 e. The van der Waals surface area contributed by atoms with E-state index in [1.165, 1.54) is 19.3 Å². The molecule has 90 valence electrons. The van der Waals surface area contributed by atoms with Crippen molar-refractivity contribution in [2.24, 2.45) is 5.92 Å². The van der Waals surface area contributed by atoms with Crippen molar-refractivity contribution < 1.29 is 4.42 Å². The lowest BCUT2D eigenvalue weighted by atomic mass is 9.79. The third kappa shape index (κ3) is 1.85. The molecule has 1 aliphatic rings. The molecule has 1 fully saturated rings. The largest absolute Gasteiger partial charge is 0.458 e. The van der Waals surface area contributed by atoms with Crippen LogP contribution in [0.5, 0.6) is 0 Å². The van der Waals surface area contributed by atoms with Crippen molar-refractivity contribution >= 4 is 22.6 Å². The number of halogens is 1. The highest BCUT2D eigenvalue weighted by Crippen LogP contribution is 2.39. The minimum absolute atomic E-state index is 0.326. The van der Waals surface area contributed by atoms with Gasteiger partial charge in [0.1, 0.15) is 5.76 Å². The number of nitrogens with one attached hydrogen (secondary N) is 1. The van der Waals surface area contributed by atoms with Crippen LogP contribution in [0.4, 0.5) is 0 Å². The van der Waals surface area contributed by atoms with Crippen LogP contribution in [0.25, 0.3) is 11.0 Å². The molecule has 0 radical (unpaired) electrons. The minimum atomic E-state index is 0.326. The minimum Gasteiger partial charge on any atom is -0.458 e. The van der Waals surface area contributed by atoms with Gasteiger partial charge in [-0.2, -0.15) is 0 Å². The Morgan fingerprint density at radius 3 is 2.82 bits per heavy atom. The van der Waals surface area contributed by atoms with E-state index in [-0.39, 0.29) is 0 Å². The summed E-state index contributed by atoms with van der Waals surface area (Å²) in [5.41, 5.74) is 0.809. The maximum Gasteiger partial charge on any atom is 0.152 e. The predicted molar refractivity (Wildman–Crippen MR) is 70.4 cm³/mol. The average molecular weight is 250 g/mol. The Hall–Kier alpha value is -0.990. The molecule has 0 saturated heterocycles. The molecule has 1 aromatic carbocycles. The average Bonchev–Trinajstić information content (AvgIpc) is 2.68. The second kappa shape index (κ2) is 4.35. The van der Waals surface area contributed by atoms with Crippen LogP contribution in [-0.2, 0) is 0 Å². The van der Waals surface area contributed by atoms with Gasteiger partial charge in [0.15, 0.2) is 5.58 Å². The van der Waals surface area contributed by atoms with Gasteiger partial charge in [-0.25, -0.2) is 0 Å². The third-order valence-corrected chi connectivity index (χ3v) is 4.05. The standard InChI is InChI=1S/C14H16ClNO/c1-16-13(9-4-2-5-9)12-8-10-6-3-7-11(15)14(10)17-12/h3,6-9,13,16H,2,4-5H2,1H3. The fraction of sp³-hybridized carbons (Fsp3) is 0.429. The van der Waals surface area contributed by atoms with Gasteiger partial charge in [-0.05, 0) is 37.9 Å². The second-order valence-corrected chi connectivity index (χ2v) is 5.17. The number of furan rings is 1. The Balaban J connectivity index is 2.01. The van der Waals surface area contributed by atoms with Crippen LogP contribution in [0.15, 0.2) is 28.7 Å². The Kier molecular flexibility index (Phi) is 2.85. The Morgan fingerprint density at radius 1 is 1.41 bits per heavy atom. The Bertz CT molecular complexity index is 530. The lowest BCUT2D eigenvalue weighted by Gasteiger charge is -2.32. The topological polar surface area (TPSA) is 25.2 Å². The molecule has 3 rings (SSSR count). The van der Waals surface area contributed by atoms with Crippen molar-refractivity contribution in [3.63, 3.8) is 0 Å². The van der Waals surface area contributed by atoms with Crippen molar-refractivity contribution in [1.82, 2.24) is 5.32 Å². The van der Waals surface area contributed by atoms with Gasteiger partial charge < -0.3 is 9.73 Å². The summed E-state index contributed by atoms with van der Waals surface area (Å²) in [7, 11) is 2.00. The van der Waals surface area contributed by atoms with Crippen LogP contribution in [0.2, 0.25) is 5.02 Å². The van der Waals surface area contributed by atoms with Gasteiger partial charge in [0.2, 0.25) is 0 Å². The predicted octanol–water partition coefficient (Wildman–Crippen LogP) is 4.15. The van der Waals surface area contributed by atoms with Gasteiger partial charge in [-0.1, -0.05) is 30.2 Å². The number of fused-ring (bicyclic) bond motifs is 1. The Labute approximate surface area is 106 Å². The molecule has 1 unspecified atom stereocenters. The van der Waals surface area contributed by atoms with Crippen molar-refractivity contribution in [3.05, 3.63) is 35.0 Å². The van der Waals surface area contributed by atoms with Crippen LogP contribution >= 0.6 is 11.6 Å². The summed E-state index contributed by atoms with van der Waals surface area (Å²) in [4.78, 5) is 0. The summed E-state index contributed by atoms with van der Waals surface area (Å²) in [6.07, 6.45) is 3.91. The van der Waals surface area contributed by atoms with E-state index >= 15 is 0 Å². The molecule has 0 amide bonds. The number of para-hydroxylation sites is 1. The first-order valence-electron chi connectivity index (χ1n) is 6.15. The summed E-state index contributed by atoms with van der Waals surface area (Å²) in [6.45, 7) is 0. The first kappa shape index (κ1) is 11.1. The van der Waals surface area contributed by atoms with E-state index < -0.39 is 0 Å². The van der Waals surface area contributed by atoms with Crippen LogP contribution in [-0.4, -0.2) is 7.05 Å². The summed E-state index contributed by atoms with van der Waals surface area (Å²) in [6, 6.07) is 8.31. The summed E-state index contributed by atoms with van der Waals surface area (Å²) >= 11 is 6.13. The number of hydrogen-bond donors (Lipinski definition) is 1. The molecule has 1 atom stereocenters. The first-order chi connectivity index (χ1) is 8.29. The molecular formula is C14H16ClNO. The summed E-state index contributed by atoms with van der Waals surface area (Å²) < 4.78 is 5.91. The molecule has 1 saturated carbocycles. The third-order valence-electron chi connectivity index (χ3n) is 3.75. The highest BCUT2D eigenvalue weighted by Gasteiger charge is 2.29. The summed E-state index contributed by atoms with van der Waals surface area (Å²) in [5.74, 6) is 1.72. The SMILES string of the molecule is CNC(c1cc2cccc(Cl)c2o1)C1CCC1. The maximum atomic E-state index is 6.13. The monoisotopic (exact) mass is 249 g/mol. The van der Waals surface area contributed by atoms with Crippen molar-refractivity contribution in [3.8, 4) is 0 Å². The first-order valence-corrected chi connectivity index (χ1v) is 6.52. The van der Waals surface area contributed by atoms with Gasteiger partial charge in [0, 0.05) is 5.39 Å². The van der Waals surface area contributed by atoms with E-state index in [4.69, 9.17) is 16.0 Å². The molecule has 2 aromatic rings. The van der Waals surface area contributed by atoms with E-state index in [1.807, 2.05) is 25.2 Å². The zero-order chi connectivity index (χ0) is 11.8. The van der Waals surface area contributed by atoms with Crippen LogP contribution in [0.1, 0.15) is 31.1 Å².